The number of anilines is 1. The highest BCUT2D eigenvalue weighted by Gasteiger charge is 2.20. The fraction of sp³-hybridized carbons (Fsp3) is 0.333. The molecule has 2 heterocycles. The number of hydrogen-bond donors (Lipinski definition) is 1. The van der Waals surface area contributed by atoms with Gasteiger partial charge in [-0.2, -0.15) is 0 Å². The van der Waals surface area contributed by atoms with E-state index in [2.05, 4.69) is 26.9 Å². The van der Waals surface area contributed by atoms with Crippen molar-refractivity contribution in [2.75, 3.05) is 25.6 Å². The second-order valence-corrected chi connectivity index (χ2v) is 6.79. The highest BCUT2D eigenvalue weighted by Crippen LogP contribution is 2.25. The van der Waals surface area contributed by atoms with Gasteiger partial charge in [-0.3, -0.25) is 10.2 Å². The molecule has 0 spiro atoms. The molecule has 0 atom stereocenters. The van der Waals surface area contributed by atoms with Crippen LogP contribution in [-0.4, -0.2) is 40.8 Å². The number of ether oxygens (including phenoxy) is 2. The summed E-state index contributed by atoms with van der Waals surface area (Å²) in [6.45, 7) is 5.66. The summed E-state index contributed by atoms with van der Waals surface area (Å²) >= 11 is 0. The lowest BCUT2D eigenvalue weighted by Crippen LogP contribution is -2.33. The molecule has 3 aromatic rings. The Labute approximate surface area is 163 Å². The standard InChI is InChI=1S/C21H24N4O3/c1-3-28-21(26)22-16-6-9-19-18(12-16)23-20-14-24(10-11-25(19)20)13-15-4-7-17(27-2)8-5-15/h4-9,12H,3,10-11,13-14H2,1-2H3,(H,22,26). The van der Waals surface area contributed by atoms with Crippen molar-refractivity contribution in [2.24, 2.45) is 0 Å². The summed E-state index contributed by atoms with van der Waals surface area (Å²) < 4.78 is 12.4. The Morgan fingerprint density at radius 2 is 2.00 bits per heavy atom. The van der Waals surface area contributed by atoms with Crippen LogP contribution in [0.3, 0.4) is 0 Å². The normalized spacial score (nSPS) is 13.9. The van der Waals surface area contributed by atoms with Crippen molar-refractivity contribution in [3.05, 3.63) is 53.9 Å². The maximum absolute atomic E-state index is 11.6. The molecule has 0 bridgehead atoms. The number of rotatable bonds is 5. The number of benzene rings is 2. The minimum atomic E-state index is -0.448. The molecule has 0 aliphatic carbocycles. The van der Waals surface area contributed by atoms with Crippen molar-refractivity contribution >= 4 is 22.8 Å². The van der Waals surface area contributed by atoms with Gasteiger partial charge in [0.05, 0.1) is 31.3 Å². The molecular weight excluding hydrogens is 356 g/mol. The van der Waals surface area contributed by atoms with Gasteiger partial charge in [-0.25, -0.2) is 9.78 Å². The average molecular weight is 380 g/mol. The first-order valence-corrected chi connectivity index (χ1v) is 9.44. The van der Waals surface area contributed by atoms with E-state index in [-0.39, 0.29) is 0 Å². The molecule has 1 N–H and O–H groups in total. The summed E-state index contributed by atoms with van der Waals surface area (Å²) in [7, 11) is 1.68. The molecule has 7 heteroatoms. The van der Waals surface area contributed by atoms with Crippen molar-refractivity contribution < 1.29 is 14.3 Å². The summed E-state index contributed by atoms with van der Waals surface area (Å²) in [4.78, 5) is 18.8. The maximum atomic E-state index is 11.6. The number of nitrogens with zero attached hydrogens (tertiary/aromatic N) is 3. The van der Waals surface area contributed by atoms with Crippen LogP contribution in [-0.2, 0) is 24.4 Å². The van der Waals surface area contributed by atoms with E-state index in [1.54, 1.807) is 14.0 Å². The van der Waals surface area contributed by atoms with Crippen molar-refractivity contribution in [3.63, 3.8) is 0 Å². The fourth-order valence-electron chi connectivity index (χ4n) is 3.56. The van der Waals surface area contributed by atoms with Crippen molar-refractivity contribution in [3.8, 4) is 5.75 Å². The Morgan fingerprint density at radius 1 is 1.18 bits per heavy atom. The van der Waals surface area contributed by atoms with Crippen LogP contribution >= 0.6 is 0 Å². The number of methoxy groups -OCH3 is 1. The molecule has 1 aliphatic rings. The minimum absolute atomic E-state index is 0.344. The third-order valence-corrected chi connectivity index (χ3v) is 4.92. The number of carbonyl (C=O) groups excluding carboxylic acids is 1. The van der Waals surface area contributed by atoms with Crippen LogP contribution in [0, 0.1) is 0 Å². The summed E-state index contributed by atoms with van der Waals surface area (Å²) in [5.74, 6) is 1.92. The van der Waals surface area contributed by atoms with Crippen LogP contribution < -0.4 is 10.1 Å². The first kappa shape index (κ1) is 18.3. The summed E-state index contributed by atoms with van der Waals surface area (Å²) in [6, 6.07) is 14.0. The third-order valence-electron chi connectivity index (χ3n) is 4.92. The second kappa shape index (κ2) is 7.90. The van der Waals surface area contributed by atoms with Gasteiger partial charge in [0, 0.05) is 25.3 Å². The van der Waals surface area contributed by atoms with E-state index in [0.717, 1.165) is 48.8 Å². The number of aromatic nitrogens is 2. The Hall–Kier alpha value is -3.06. The largest absolute Gasteiger partial charge is 0.497 e. The molecule has 28 heavy (non-hydrogen) atoms. The SMILES string of the molecule is CCOC(=O)Nc1ccc2c(c1)nc1n2CCN(Cc2ccc(OC)cc2)C1. The fourth-order valence-corrected chi connectivity index (χ4v) is 3.56. The van der Waals surface area contributed by atoms with Gasteiger partial charge in [0.2, 0.25) is 0 Å². The van der Waals surface area contributed by atoms with E-state index in [9.17, 15) is 4.79 Å². The monoisotopic (exact) mass is 380 g/mol. The molecule has 0 radical (unpaired) electrons. The Balaban J connectivity index is 1.49. The molecule has 7 nitrogen and oxygen atoms in total. The molecule has 0 unspecified atom stereocenters. The molecule has 146 valence electrons. The Bertz CT molecular complexity index is 981. The lowest BCUT2D eigenvalue weighted by molar-refractivity contribution is 0.168. The molecule has 0 fully saturated rings. The minimum Gasteiger partial charge on any atom is -0.497 e. The molecular formula is C21H24N4O3. The van der Waals surface area contributed by atoms with Crippen LogP contribution in [0.15, 0.2) is 42.5 Å². The first-order chi connectivity index (χ1) is 13.7. The van der Waals surface area contributed by atoms with E-state index in [1.165, 1.54) is 5.56 Å². The predicted octanol–water partition coefficient (Wildman–Crippen LogP) is 3.63. The van der Waals surface area contributed by atoms with Crippen LogP contribution in [0.2, 0.25) is 0 Å². The van der Waals surface area contributed by atoms with Crippen molar-refractivity contribution in [1.82, 2.24) is 14.5 Å². The van der Waals surface area contributed by atoms with Gasteiger partial charge in [-0.1, -0.05) is 12.1 Å². The smallest absolute Gasteiger partial charge is 0.411 e. The summed E-state index contributed by atoms with van der Waals surface area (Å²) in [5.41, 5.74) is 3.92. The number of hydrogen-bond acceptors (Lipinski definition) is 5. The molecule has 0 saturated carbocycles. The first-order valence-electron chi connectivity index (χ1n) is 9.44. The topological polar surface area (TPSA) is 68.6 Å². The van der Waals surface area contributed by atoms with E-state index in [1.807, 2.05) is 30.3 Å². The zero-order chi connectivity index (χ0) is 19.5. The van der Waals surface area contributed by atoms with Gasteiger partial charge in [0.15, 0.2) is 0 Å². The Morgan fingerprint density at radius 3 is 2.75 bits per heavy atom. The lowest BCUT2D eigenvalue weighted by Gasteiger charge is -2.27. The zero-order valence-corrected chi connectivity index (χ0v) is 16.1. The average Bonchev–Trinajstić information content (AvgIpc) is 3.05. The van der Waals surface area contributed by atoms with E-state index in [4.69, 9.17) is 14.5 Å². The molecule has 1 aromatic heterocycles. The van der Waals surface area contributed by atoms with Gasteiger partial charge in [-0.15, -0.1) is 0 Å². The number of imidazole rings is 1. The van der Waals surface area contributed by atoms with Crippen LogP contribution in [0.5, 0.6) is 5.75 Å². The van der Waals surface area contributed by atoms with Crippen LogP contribution in [0.4, 0.5) is 10.5 Å². The van der Waals surface area contributed by atoms with Gasteiger partial charge in [-0.05, 0) is 42.8 Å². The Kier molecular flexibility index (Phi) is 5.16. The second-order valence-electron chi connectivity index (χ2n) is 6.79. The van der Waals surface area contributed by atoms with E-state index in [0.29, 0.717) is 12.3 Å². The number of carbonyl (C=O) groups is 1. The highest BCUT2D eigenvalue weighted by molar-refractivity contribution is 5.89. The number of amides is 1. The van der Waals surface area contributed by atoms with Crippen molar-refractivity contribution in [1.29, 1.82) is 0 Å². The number of fused-ring (bicyclic) bond motifs is 3. The maximum Gasteiger partial charge on any atom is 0.411 e. The van der Waals surface area contributed by atoms with Gasteiger partial charge in [0.1, 0.15) is 11.6 Å². The predicted molar refractivity (Wildman–Crippen MR) is 107 cm³/mol. The van der Waals surface area contributed by atoms with Gasteiger partial charge in [0.25, 0.3) is 0 Å². The molecule has 4 rings (SSSR count). The molecule has 1 amide bonds. The summed E-state index contributed by atoms with van der Waals surface area (Å²) in [6.07, 6.45) is -0.448. The third kappa shape index (κ3) is 3.80. The zero-order valence-electron chi connectivity index (χ0n) is 16.1. The summed E-state index contributed by atoms with van der Waals surface area (Å²) in [5, 5.41) is 2.74. The molecule has 0 saturated heterocycles. The van der Waals surface area contributed by atoms with Crippen molar-refractivity contribution in [2.45, 2.75) is 26.6 Å². The van der Waals surface area contributed by atoms with Gasteiger partial charge >= 0.3 is 6.09 Å². The number of nitrogens with one attached hydrogen (secondary N) is 1. The van der Waals surface area contributed by atoms with E-state index < -0.39 is 6.09 Å². The van der Waals surface area contributed by atoms with Crippen LogP contribution in [0.1, 0.15) is 18.3 Å². The molecule has 2 aromatic carbocycles. The molecule has 1 aliphatic heterocycles. The quantitative estimate of drug-likeness (QED) is 0.732. The lowest BCUT2D eigenvalue weighted by atomic mass is 10.2. The van der Waals surface area contributed by atoms with E-state index >= 15 is 0 Å². The highest BCUT2D eigenvalue weighted by atomic mass is 16.5. The van der Waals surface area contributed by atoms with Crippen LogP contribution in [0.25, 0.3) is 11.0 Å². The van der Waals surface area contributed by atoms with Gasteiger partial charge < -0.3 is 14.0 Å².